The van der Waals surface area contributed by atoms with Gasteiger partial charge in [-0.1, -0.05) is 27.7 Å². The summed E-state index contributed by atoms with van der Waals surface area (Å²) in [5, 5.41) is 0.263. The van der Waals surface area contributed by atoms with E-state index in [2.05, 4.69) is 66.3 Å². The van der Waals surface area contributed by atoms with E-state index in [1.54, 1.807) is 0 Å². The van der Waals surface area contributed by atoms with E-state index in [0.29, 0.717) is 23.7 Å². The Hall–Kier alpha value is -1.10. The molecule has 0 saturated heterocycles. The van der Waals surface area contributed by atoms with E-state index in [-0.39, 0.29) is 5.28 Å². The third kappa shape index (κ3) is 5.65. The molecule has 0 bridgehead atoms. The number of hydrogen-bond donors (Lipinski definition) is 0. The minimum absolute atomic E-state index is 0.263. The van der Waals surface area contributed by atoms with Crippen molar-refractivity contribution < 1.29 is 0 Å². The maximum atomic E-state index is 6.11. The van der Waals surface area contributed by atoms with Crippen molar-refractivity contribution in [2.75, 3.05) is 36.0 Å². The van der Waals surface area contributed by atoms with Gasteiger partial charge in [0.2, 0.25) is 17.2 Å². The Labute approximate surface area is 133 Å². The van der Waals surface area contributed by atoms with Crippen molar-refractivity contribution in [1.82, 2.24) is 15.0 Å². The Balaban J connectivity index is 3.11. The zero-order valence-corrected chi connectivity index (χ0v) is 14.9. The lowest BCUT2D eigenvalue weighted by molar-refractivity contribution is 0.543. The topological polar surface area (TPSA) is 45.2 Å². The van der Waals surface area contributed by atoms with Crippen LogP contribution in [0.2, 0.25) is 5.28 Å². The molecule has 0 radical (unpaired) electrons. The predicted octanol–water partition coefficient (Wildman–Crippen LogP) is 3.49. The molecule has 6 heteroatoms. The molecule has 0 N–H and O–H groups in total. The van der Waals surface area contributed by atoms with Crippen LogP contribution in [0.15, 0.2) is 0 Å². The Morgan fingerprint density at radius 1 is 0.810 bits per heavy atom. The molecular formula is C15H28ClN5. The molecule has 0 unspecified atom stereocenters. The number of rotatable bonds is 8. The van der Waals surface area contributed by atoms with Crippen LogP contribution in [0, 0.1) is 11.8 Å². The van der Waals surface area contributed by atoms with Crippen molar-refractivity contribution in [1.29, 1.82) is 0 Å². The lowest BCUT2D eigenvalue weighted by Gasteiger charge is -2.27. The summed E-state index contributed by atoms with van der Waals surface area (Å²) in [5.41, 5.74) is 0. The van der Waals surface area contributed by atoms with Gasteiger partial charge in [-0.15, -0.1) is 0 Å². The largest absolute Gasteiger partial charge is 0.341 e. The fourth-order valence-electron chi connectivity index (χ4n) is 2.24. The van der Waals surface area contributed by atoms with E-state index in [4.69, 9.17) is 11.6 Å². The van der Waals surface area contributed by atoms with Gasteiger partial charge in [0.25, 0.3) is 0 Å². The maximum absolute atomic E-state index is 6.11. The molecule has 21 heavy (non-hydrogen) atoms. The summed E-state index contributed by atoms with van der Waals surface area (Å²) < 4.78 is 0. The first-order chi connectivity index (χ1) is 9.87. The van der Waals surface area contributed by atoms with Crippen molar-refractivity contribution in [3.8, 4) is 0 Å². The van der Waals surface area contributed by atoms with Crippen LogP contribution in [0.5, 0.6) is 0 Å². The van der Waals surface area contributed by atoms with Crippen molar-refractivity contribution in [3.05, 3.63) is 5.28 Å². The number of hydrogen-bond acceptors (Lipinski definition) is 5. The van der Waals surface area contributed by atoms with Crippen LogP contribution in [0.3, 0.4) is 0 Å². The average Bonchev–Trinajstić information content (AvgIpc) is 2.37. The summed E-state index contributed by atoms with van der Waals surface area (Å²) in [5.74, 6) is 2.42. The molecule has 1 rings (SSSR count). The van der Waals surface area contributed by atoms with Gasteiger partial charge >= 0.3 is 0 Å². The molecule has 0 atom stereocenters. The van der Waals surface area contributed by atoms with Crippen LogP contribution in [0.4, 0.5) is 11.9 Å². The molecule has 0 aliphatic heterocycles. The highest BCUT2D eigenvalue weighted by Crippen LogP contribution is 2.18. The third-order valence-electron chi connectivity index (χ3n) is 3.08. The molecule has 0 fully saturated rings. The monoisotopic (exact) mass is 313 g/mol. The van der Waals surface area contributed by atoms with Gasteiger partial charge in [0.15, 0.2) is 0 Å². The molecule has 0 amide bonds. The smallest absolute Gasteiger partial charge is 0.231 e. The summed E-state index contributed by atoms with van der Waals surface area (Å²) >= 11 is 6.11. The van der Waals surface area contributed by atoms with Gasteiger partial charge in [-0.2, -0.15) is 15.0 Å². The van der Waals surface area contributed by atoms with Crippen molar-refractivity contribution in [3.63, 3.8) is 0 Å². The minimum Gasteiger partial charge on any atom is -0.341 e. The number of nitrogens with zero attached hydrogens (tertiary/aromatic N) is 5. The van der Waals surface area contributed by atoms with Crippen LogP contribution in [0.25, 0.3) is 0 Å². The first-order valence-corrected chi connectivity index (χ1v) is 8.16. The van der Waals surface area contributed by atoms with Gasteiger partial charge in [0.1, 0.15) is 0 Å². The van der Waals surface area contributed by atoms with Gasteiger partial charge in [0, 0.05) is 26.2 Å². The lowest BCUT2D eigenvalue weighted by atomic mass is 10.1. The van der Waals surface area contributed by atoms with Gasteiger partial charge < -0.3 is 9.80 Å². The maximum Gasteiger partial charge on any atom is 0.231 e. The van der Waals surface area contributed by atoms with Crippen LogP contribution in [0.1, 0.15) is 41.5 Å². The zero-order valence-electron chi connectivity index (χ0n) is 14.1. The second kappa shape index (κ2) is 8.37. The molecule has 0 aliphatic carbocycles. The fourth-order valence-corrected chi connectivity index (χ4v) is 2.39. The molecule has 1 aromatic rings. The lowest BCUT2D eigenvalue weighted by Crippen LogP contribution is -2.34. The van der Waals surface area contributed by atoms with Crippen LogP contribution in [-0.2, 0) is 0 Å². The SMILES string of the molecule is CCN(CC)c1nc(Cl)nc(N(CC(C)C)CC(C)C)n1. The molecule has 0 aliphatic rings. The summed E-state index contributed by atoms with van der Waals surface area (Å²) in [4.78, 5) is 17.5. The summed E-state index contributed by atoms with van der Waals surface area (Å²) in [7, 11) is 0. The summed E-state index contributed by atoms with van der Waals surface area (Å²) in [6.45, 7) is 16.5. The zero-order chi connectivity index (χ0) is 16.0. The van der Waals surface area contributed by atoms with E-state index >= 15 is 0 Å². The molecule has 1 aromatic heterocycles. The van der Waals surface area contributed by atoms with E-state index < -0.39 is 0 Å². The second-order valence-corrected chi connectivity index (χ2v) is 6.41. The van der Waals surface area contributed by atoms with Crippen LogP contribution in [-0.4, -0.2) is 41.1 Å². The summed E-state index contributed by atoms with van der Waals surface area (Å²) in [6, 6.07) is 0. The molecule has 0 saturated carbocycles. The van der Waals surface area contributed by atoms with E-state index in [1.807, 2.05) is 0 Å². The van der Waals surface area contributed by atoms with Gasteiger partial charge in [-0.05, 0) is 37.3 Å². The molecular weight excluding hydrogens is 286 g/mol. The highest BCUT2D eigenvalue weighted by molar-refractivity contribution is 6.28. The van der Waals surface area contributed by atoms with E-state index in [9.17, 15) is 0 Å². The standard InChI is InChI=1S/C15H28ClN5/c1-7-20(8-2)14-17-13(16)18-15(19-14)21(9-11(3)4)10-12(5)6/h11-12H,7-10H2,1-6H3. The van der Waals surface area contributed by atoms with Gasteiger partial charge in [-0.25, -0.2) is 0 Å². The second-order valence-electron chi connectivity index (χ2n) is 6.07. The normalized spacial score (nSPS) is 11.3. The average molecular weight is 314 g/mol. The Morgan fingerprint density at radius 2 is 1.24 bits per heavy atom. The van der Waals surface area contributed by atoms with Crippen molar-refractivity contribution in [2.45, 2.75) is 41.5 Å². The quantitative estimate of drug-likeness (QED) is 0.735. The van der Waals surface area contributed by atoms with Crippen molar-refractivity contribution >= 4 is 23.5 Å². The first kappa shape index (κ1) is 18.0. The number of anilines is 2. The third-order valence-corrected chi connectivity index (χ3v) is 3.25. The highest BCUT2D eigenvalue weighted by atomic mass is 35.5. The van der Waals surface area contributed by atoms with Gasteiger partial charge in [-0.3, -0.25) is 0 Å². The molecule has 1 heterocycles. The van der Waals surface area contributed by atoms with E-state index in [1.165, 1.54) is 0 Å². The number of halogens is 1. The van der Waals surface area contributed by atoms with Gasteiger partial charge in [0.05, 0.1) is 0 Å². The molecule has 120 valence electrons. The Morgan fingerprint density at radius 3 is 1.62 bits per heavy atom. The highest BCUT2D eigenvalue weighted by Gasteiger charge is 2.17. The summed E-state index contributed by atoms with van der Waals surface area (Å²) in [6.07, 6.45) is 0. The number of aromatic nitrogens is 3. The molecule has 0 aromatic carbocycles. The first-order valence-electron chi connectivity index (χ1n) is 7.78. The molecule has 0 spiro atoms. The predicted molar refractivity (Wildman–Crippen MR) is 90.3 cm³/mol. The Bertz CT molecular complexity index is 422. The fraction of sp³-hybridized carbons (Fsp3) is 0.800. The van der Waals surface area contributed by atoms with Crippen LogP contribution >= 0.6 is 11.6 Å². The van der Waals surface area contributed by atoms with Crippen LogP contribution < -0.4 is 9.80 Å². The minimum atomic E-state index is 0.263. The Kier molecular flexibility index (Phi) is 7.15. The van der Waals surface area contributed by atoms with Crippen molar-refractivity contribution in [2.24, 2.45) is 11.8 Å². The molecule has 5 nitrogen and oxygen atoms in total. The van der Waals surface area contributed by atoms with E-state index in [0.717, 1.165) is 26.2 Å².